The largest absolute Gasteiger partial charge is 0.328 e. The van der Waals surface area contributed by atoms with Gasteiger partial charge in [-0.3, -0.25) is 4.98 Å². The summed E-state index contributed by atoms with van der Waals surface area (Å²) in [5.41, 5.74) is 6.93. The molecule has 0 spiro atoms. The van der Waals surface area contributed by atoms with Crippen molar-refractivity contribution in [2.24, 2.45) is 5.73 Å². The predicted molar refractivity (Wildman–Crippen MR) is 58.5 cm³/mol. The molecule has 3 heteroatoms. The third kappa shape index (κ3) is 3.87. The summed E-state index contributed by atoms with van der Waals surface area (Å²) in [4.78, 5) is 4.28. The zero-order chi connectivity index (χ0) is 9.68. The first kappa shape index (κ1) is 10.7. The van der Waals surface area contributed by atoms with E-state index in [0.717, 1.165) is 29.4 Å². The average Bonchev–Trinajstić information content (AvgIpc) is 2.16. The van der Waals surface area contributed by atoms with E-state index in [1.165, 1.54) is 0 Å². The van der Waals surface area contributed by atoms with Crippen LogP contribution in [-0.2, 0) is 6.42 Å². The minimum absolute atomic E-state index is 0.311. The molecule has 1 unspecified atom stereocenters. The summed E-state index contributed by atoms with van der Waals surface area (Å²) in [6.45, 7) is 2.11. The monoisotopic (exact) mass is 242 g/mol. The maximum Gasteiger partial charge on any atom is 0.0413 e. The van der Waals surface area contributed by atoms with Crippen LogP contribution < -0.4 is 5.73 Å². The molecule has 2 nitrogen and oxygen atoms in total. The van der Waals surface area contributed by atoms with Crippen LogP contribution in [0.25, 0.3) is 0 Å². The van der Waals surface area contributed by atoms with E-state index in [-0.39, 0.29) is 0 Å². The Morgan fingerprint density at radius 1 is 1.54 bits per heavy atom. The summed E-state index contributed by atoms with van der Waals surface area (Å²) in [6.07, 6.45) is 4.86. The van der Waals surface area contributed by atoms with Crippen molar-refractivity contribution in [1.82, 2.24) is 4.98 Å². The summed E-state index contributed by atoms with van der Waals surface area (Å²) < 4.78 is 1.02. The highest BCUT2D eigenvalue weighted by atomic mass is 79.9. The first-order valence-corrected chi connectivity index (χ1v) is 5.37. The Morgan fingerprint density at radius 2 is 2.31 bits per heavy atom. The molecule has 0 amide bonds. The second-order valence-electron chi connectivity index (χ2n) is 3.17. The third-order valence-corrected chi connectivity index (χ3v) is 2.55. The highest BCUT2D eigenvalue weighted by Crippen LogP contribution is 2.09. The number of aromatic nitrogens is 1. The molecule has 0 bridgehead atoms. The van der Waals surface area contributed by atoms with Crippen molar-refractivity contribution in [3.8, 4) is 0 Å². The molecule has 0 radical (unpaired) electrons. The van der Waals surface area contributed by atoms with Gasteiger partial charge in [0.1, 0.15) is 0 Å². The number of pyridine rings is 1. The minimum Gasteiger partial charge on any atom is -0.328 e. The van der Waals surface area contributed by atoms with Crippen LogP contribution in [0.5, 0.6) is 0 Å². The molecule has 0 aliphatic carbocycles. The van der Waals surface area contributed by atoms with E-state index in [0.29, 0.717) is 6.04 Å². The Kier molecular flexibility index (Phi) is 4.39. The van der Waals surface area contributed by atoms with Crippen LogP contribution in [0.4, 0.5) is 0 Å². The average molecular weight is 243 g/mol. The lowest BCUT2D eigenvalue weighted by Crippen LogP contribution is -2.19. The maximum absolute atomic E-state index is 5.81. The highest BCUT2D eigenvalue weighted by molar-refractivity contribution is 9.10. The second kappa shape index (κ2) is 5.35. The zero-order valence-corrected chi connectivity index (χ0v) is 9.42. The van der Waals surface area contributed by atoms with Crippen molar-refractivity contribution in [2.45, 2.75) is 32.2 Å². The molecule has 1 aromatic heterocycles. The summed E-state index contributed by atoms with van der Waals surface area (Å²) in [5.74, 6) is 0. The van der Waals surface area contributed by atoms with Gasteiger partial charge in [0, 0.05) is 22.4 Å². The normalized spacial score (nSPS) is 12.8. The van der Waals surface area contributed by atoms with Gasteiger partial charge in [-0.1, -0.05) is 6.92 Å². The van der Waals surface area contributed by atoms with Crippen LogP contribution in [0, 0.1) is 0 Å². The third-order valence-electron chi connectivity index (χ3n) is 2.08. The van der Waals surface area contributed by atoms with Gasteiger partial charge in [0.05, 0.1) is 0 Å². The van der Waals surface area contributed by atoms with Gasteiger partial charge < -0.3 is 5.73 Å². The lowest BCUT2D eigenvalue weighted by Gasteiger charge is -2.07. The van der Waals surface area contributed by atoms with Crippen molar-refractivity contribution in [1.29, 1.82) is 0 Å². The molecule has 0 saturated carbocycles. The molecular formula is C10H15BrN2. The van der Waals surface area contributed by atoms with Crippen LogP contribution in [0.1, 0.15) is 25.5 Å². The summed E-state index contributed by atoms with van der Waals surface area (Å²) in [7, 11) is 0. The number of hydrogen-bond donors (Lipinski definition) is 1. The minimum atomic E-state index is 0.311. The van der Waals surface area contributed by atoms with E-state index in [1.54, 1.807) is 0 Å². The number of hydrogen-bond acceptors (Lipinski definition) is 2. The Balaban J connectivity index is 2.41. The fourth-order valence-corrected chi connectivity index (χ4v) is 1.33. The SMILES string of the molecule is CCC(N)CCc1ccc(Br)cn1. The van der Waals surface area contributed by atoms with Gasteiger partial charge in [-0.2, -0.15) is 0 Å². The van der Waals surface area contributed by atoms with Crippen molar-refractivity contribution in [3.05, 3.63) is 28.5 Å². The van der Waals surface area contributed by atoms with Gasteiger partial charge in [-0.25, -0.2) is 0 Å². The summed E-state index contributed by atoms with van der Waals surface area (Å²) >= 11 is 3.35. The van der Waals surface area contributed by atoms with E-state index in [1.807, 2.05) is 18.3 Å². The molecular weight excluding hydrogens is 228 g/mol. The lowest BCUT2D eigenvalue weighted by molar-refractivity contribution is 0.591. The number of nitrogens with two attached hydrogens (primary N) is 1. The van der Waals surface area contributed by atoms with E-state index >= 15 is 0 Å². The Labute approximate surface area is 87.7 Å². The molecule has 1 heterocycles. The Morgan fingerprint density at radius 3 is 2.85 bits per heavy atom. The van der Waals surface area contributed by atoms with Crippen LogP contribution in [0.2, 0.25) is 0 Å². The number of rotatable bonds is 4. The van der Waals surface area contributed by atoms with Gasteiger partial charge in [0.25, 0.3) is 0 Å². The van der Waals surface area contributed by atoms with Crippen molar-refractivity contribution < 1.29 is 0 Å². The first-order chi connectivity index (χ1) is 6.22. The molecule has 0 saturated heterocycles. The van der Waals surface area contributed by atoms with Crippen LogP contribution in [0.15, 0.2) is 22.8 Å². The van der Waals surface area contributed by atoms with Crippen LogP contribution in [0.3, 0.4) is 0 Å². The molecule has 0 fully saturated rings. The van der Waals surface area contributed by atoms with Gasteiger partial charge >= 0.3 is 0 Å². The van der Waals surface area contributed by atoms with Gasteiger partial charge in [-0.15, -0.1) is 0 Å². The van der Waals surface area contributed by atoms with E-state index in [9.17, 15) is 0 Å². The van der Waals surface area contributed by atoms with E-state index in [4.69, 9.17) is 5.73 Å². The zero-order valence-electron chi connectivity index (χ0n) is 7.83. The molecule has 13 heavy (non-hydrogen) atoms. The fourth-order valence-electron chi connectivity index (χ4n) is 1.09. The van der Waals surface area contributed by atoms with E-state index < -0.39 is 0 Å². The van der Waals surface area contributed by atoms with Crippen molar-refractivity contribution in [3.63, 3.8) is 0 Å². The number of nitrogens with zero attached hydrogens (tertiary/aromatic N) is 1. The summed E-state index contributed by atoms with van der Waals surface area (Å²) in [6, 6.07) is 4.36. The molecule has 1 rings (SSSR count). The van der Waals surface area contributed by atoms with Gasteiger partial charge in [-0.05, 0) is 47.3 Å². The maximum atomic E-state index is 5.81. The van der Waals surface area contributed by atoms with E-state index in [2.05, 4.69) is 27.8 Å². The lowest BCUT2D eigenvalue weighted by atomic mass is 10.1. The summed E-state index contributed by atoms with van der Waals surface area (Å²) in [5, 5.41) is 0. The molecule has 0 aliphatic rings. The van der Waals surface area contributed by atoms with Gasteiger partial charge in [0.2, 0.25) is 0 Å². The Hall–Kier alpha value is -0.410. The molecule has 1 aromatic rings. The molecule has 72 valence electrons. The quantitative estimate of drug-likeness (QED) is 0.882. The number of aryl methyl sites for hydroxylation is 1. The Bertz CT molecular complexity index is 246. The smallest absolute Gasteiger partial charge is 0.0413 e. The van der Waals surface area contributed by atoms with Crippen LogP contribution in [-0.4, -0.2) is 11.0 Å². The van der Waals surface area contributed by atoms with Crippen molar-refractivity contribution >= 4 is 15.9 Å². The highest BCUT2D eigenvalue weighted by Gasteiger charge is 2.00. The van der Waals surface area contributed by atoms with Gasteiger partial charge in [0.15, 0.2) is 0 Å². The van der Waals surface area contributed by atoms with Crippen LogP contribution >= 0.6 is 15.9 Å². The topological polar surface area (TPSA) is 38.9 Å². The second-order valence-corrected chi connectivity index (χ2v) is 4.09. The molecule has 2 N–H and O–H groups in total. The molecule has 1 atom stereocenters. The van der Waals surface area contributed by atoms with Crippen molar-refractivity contribution in [2.75, 3.05) is 0 Å². The number of halogens is 1. The molecule has 0 aliphatic heterocycles. The predicted octanol–water partition coefficient (Wildman–Crippen LogP) is 2.51. The molecule has 0 aromatic carbocycles. The first-order valence-electron chi connectivity index (χ1n) is 4.58. The standard InChI is InChI=1S/C10H15BrN2/c1-2-9(12)4-6-10-5-3-8(11)7-13-10/h3,5,7,9H,2,4,6,12H2,1H3. The fraction of sp³-hybridized carbons (Fsp3) is 0.500.